The predicted molar refractivity (Wildman–Crippen MR) is 114 cm³/mol. The van der Waals surface area contributed by atoms with Crippen LogP contribution in [-0.4, -0.2) is 31.8 Å². The molecule has 1 fully saturated rings. The Morgan fingerprint density at radius 2 is 1.43 bits per heavy atom. The lowest BCUT2D eigenvalue weighted by atomic mass is 10.1. The molecule has 3 aromatic rings. The molecule has 152 valence electrons. The Labute approximate surface area is 176 Å². The Morgan fingerprint density at radius 3 is 2.07 bits per heavy atom. The molecule has 0 N–H and O–H groups in total. The van der Waals surface area contributed by atoms with Crippen molar-refractivity contribution < 1.29 is 17.9 Å². The number of ether oxygens (including phenoxy) is 1. The minimum Gasteiger partial charge on any atom is -0.449 e. The molecule has 1 aliphatic carbocycles. The standard InChI is InChI=1S/C24H21NO4S/c26-24(17-8-7-9-18(16-17)30(27,28)25-14-5-6-15-25)29-23-21-12-3-1-10-19(21)20-11-2-4-13-22(20)23/h1-4,7-13,16,23H,5-6,14-15H2. The summed E-state index contributed by atoms with van der Waals surface area (Å²) in [5, 5.41) is 0. The first-order valence-electron chi connectivity index (χ1n) is 10.0. The highest BCUT2D eigenvalue weighted by Crippen LogP contribution is 2.45. The van der Waals surface area contributed by atoms with Gasteiger partial charge in [-0.05, 0) is 42.2 Å². The number of carbonyl (C=O) groups excluding carboxylic acids is 1. The minimum atomic E-state index is -3.59. The van der Waals surface area contributed by atoms with Gasteiger partial charge in [-0.25, -0.2) is 13.2 Å². The first-order chi connectivity index (χ1) is 14.6. The van der Waals surface area contributed by atoms with E-state index in [1.54, 1.807) is 12.1 Å². The molecule has 0 radical (unpaired) electrons. The summed E-state index contributed by atoms with van der Waals surface area (Å²) in [6.45, 7) is 1.04. The fraction of sp³-hybridized carbons (Fsp3) is 0.208. The van der Waals surface area contributed by atoms with Gasteiger partial charge in [0.2, 0.25) is 10.0 Å². The molecule has 1 saturated heterocycles. The Morgan fingerprint density at radius 1 is 0.833 bits per heavy atom. The van der Waals surface area contributed by atoms with E-state index in [0.29, 0.717) is 13.1 Å². The second-order valence-corrected chi connectivity index (χ2v) is 9.54. The predicted octanol–water partition coefficient (Wildman–Crippen LogP) is 4.40. The third-order valence-electron chi connectivity index (χ3n) is 5.77. The quantitative estimate of drug-likeness (QED) is 0.588. The Bertz CT molecular complexity index is 1180. The number of hydrogen-bond acceptors (Lipinski definition) is 4. The highest BCUT2D eigenvalue weighted by molar-refractivity contribution is 7.89. The second kappa shape index (κ2) is 7.38. The van der Waals surface area contributed by atoms with Crippen molar-refractivity contribution in [2.24, 2.45) is 0 Å². The molecule has 0 amide bonds. The van der Waals surface area contributed by atoms with Gasteiger partial charge >= 0.3 is 5.97 Å². The van der Waals surface area contributed by atoms with Crippen LogP contribution < -0.4 is 0 Å². The summed E-state index contributed by atoms with van der Waals surface area (Å²) in [6.07, 6.45) is 1.21. The summed E-state index contributed by atoms with van der Waals surface area (Å²) in [6, 6.07) is 21.9. The second-order valence-electron chi connectivity index (χ2n) is 7.60. The van der Waals surface area contributed by atoms with Crippen LogP contribution in [0.4, 0.5) is 0 Å². The van der Waals surface area contributed by atoms with E-state index in [4.69, 9.17) is 4.74 Å². The van der Waals surface area contributed by atoms with E-state index >= 15 is 0 Å². The molecular weight excluding hydrogens is 398 g/mol. The van der Waals surface area contributed by atoms with E-state index in [-0.39, 0.29) is 10.5 Å². The van der Waals surface area contributed by atoms with Crippen molar-refractivity contribution in [3.05, 3.63) is 89.5 Å². The lowest BCUT2D eigenvalue weighted by Crippen LogP contribution is -2.28. The molecule has 0 saturated carbocycles. The van der Waals surface area contributed by atoms with E-state index in [1.807, 2.05) is 48.5 Å². The van der Waals surface area contributed by atoms with Crippen molar-refractivity contribution in [1.29, 1.82) is 0 Å². The minimum absolute atomic E-state index is 0.131. The van der Waals surface area contributed by atoms with Crippen LogP contribution in [0.2, 0.25) is 0 Å². The zero-order valence-corrected chi connectivity index (χ0v) is 17.1. The Kier molecular flexibility index (Phi) is 4.68. The van der Waals surface area contributed by atoms with Crippen LogP contribution in [0.3, 0.4) is 0 Å². The summed E-state index contributed by atoms with van der Waals surface area (Å²) in [7, 11) is -3.59. The number of hydrogen-bond donors (Lipinski definition) is 0. The van der Waals surface area contributed by atoms with Crippen LogP contribution in [0.15, 0.2) is 77.7 Å². The fourth-order valence-corrected chi connectivity index (χ4v) is 5.84. The van der Waals surface area contributed by atoms with Crippen molar-refractivity contribution in [2.45, 2.75) is 23.8 Å². The molecule has 0 atom stereocenters. The lowest BCUT2D eigenvalue weighted by molar-refractivity contribution is 0.0385. The molecule has 0 aromatic heterocycles. The molecule has 1 heterocycles. The lowest BCUT2D eigenvalue weighted by Gasteiger charge is -2.17. The van der Waals surface area contributed by atoms with Crippen LogP contribution in [0.25, 0.3) is 11.1 Å². The monoisotopic (exact) mass is 419 g/mol. The largest absolute Gasteiger partial charge is 0.449 e. The number of sulfonamides is 1. The van der Waals surface area contributed by atoms with Gasteiger partial charge in [0.05, 0.1) is 10.5 Å². The topological polar surface area (TPSA) is 63.7 Å². The molecule has 0 bridgehead atoms. The van der Waals surface area contributed by atoms with Crippen LogP contribution in [0.5, 0.6) is 0 Å². The zero-order valence-electron chi connectivity index (χ0n) is 16.3. The molecule has 5 nitrogen and oxygen atoms in total. The summed E-state index contributed by atoms with van der Waals surface area (Å²) in [4.78, 5) is 13.1. The summed E-state index contributed by atoms with van der Waals surface area (Å²) in [5.41, 5.74) is 4.21. The number of benzene rings is 3. The average molecular weight is 420 g/mol. The smallest absolute Gasteiger partial charge is 0.339 e. The highest BCUT2D eigenvalue weighted by atomic mass is 32.2. The van der Waals surface area contributed by atoms with E-state index in [9.17, 15) is 13.2 Å². The molecule has 1 aliphatic heterocycles. The molecule has 6 heteroatoms. The van der Waals surface area contributed by atoms with Crippen molar-refractivity contribution in [3.8, 4) is 11.1 Å². The maximum Gasteiger partial charge on any atom is 0.339 e. The molecule has 0 unspecified atom stereocenters. The third kappa shape index (κ3) is 3.13. The van der Waals surface area contributed by atoms with Crippen LogP contribution in [-0.2, 0) is 14.8 Å². The van der Waals surface area contributed by atoms with Gasteiger partial charge < -0.3 is 4.74 Å². The van der Waals surface area contributed by atoms with Crippen LogP contribution in [0, 0.1) is 0 Å². The summed E-state index contributed by atoms with van der Waals surface area (Å²) < 4.78 is 33.1. The van der Waals surface area contributed by atoms with Crippen LogP contribution >= 0.6 is 0 Å². The SMILES string of the molecule is O=C(OC1c2ccccc2-c2ccccc21)c1cccc(S(=O)(=O)N2CCCC2)c1. The number of rotatable bonds is 4. The molecule has 3 aromatic carbocycles. The first-order valence-corrected chi connectivity index (χ1v) is 11.5. The van der Waals surface area contributed by atoms with E-state index in [2.05, 4.69) is 0 Å². The van der Waals surface area contributed by atoms with Gasteiger partial charge in [0.1, 0.15) is 0 Å². The average Bonchev–Trinajstić information content (AvgIpc) is 3.42. The molecule has 2 aliphatic rings. The fourth-order valence-electron chi connectivity index (χ4n) is 4.27. The van der Waals surface area contributed by atoms with Crippen molar-refractivity contribution in [1.82, 2.24) is 4.31 Å². The molecule has 0 spiro atoms. The van der Waals surface area contributed by atoms with Gasteiger partial charge in [0.25, 0.3) is 0 Å². The highest BCUT2D eigenvalue weighted by Gasteiger charge is 2.32. The molecular formula is C24H21NO4S. The number of esters is 1. The van der Waals surface area contributed by atoms with Crippen molar-refractivity contribution >= 4 is 16.0 Å². The number of fused-ring (bicyclic) bond motifs is 3. The maximum absolute atomic E-state index is 13.0. The Hall–Kier alpha value is -2.96. The van der Waals surface area contributed by atoms with Gasteiger partial charge in [-0.3, -0.25) is 0 Å². The van der Waals surface area contributed by atoms with Gasteiger partial charge in [-0.1, -0.05) is 54.6 Å². The molecule has 30 heavy (non-hydrogen) atoms. The maximum atomic E-state index is 13.0. The van der Waals surface area contributed by atoms with Gasteiger partial charge in [0.15, 0.2) is 6.10 Å². The first kappa shape index (κ1) is 19.0. The number of carbonyl (C=O) groups is 1. The molecule has 5 rings (SSSR count). The normalized spacial score (nSPS) is 16.3. The van der Waals surface area contributed by atoms with E-state index < -0.39 is 22.1 Å². The van der Waals surface area contributed by atoms with Crippen LogP contribution in [0.1, 0.15) is 40.4 Å². The summed E-state index contributed by atoms with van der Waals surface area (Å²) in [5.74, 6) is -0.537. The van der Waals surface area contributed by atoms with Gasteiger partial charge in [-0.15, -0.1) is 0 Å². The van der Waals surface area contributed by atoms with E-state index in [0.717, 1.165) is 35.1 Å². The number of nitrogens with zero attached hydrogens (tertiary/aromatic N) is 1. The summed E-state index contributed by atoms with van der Waals surface area (Å²) >= 11 is 0. The van der Waals surface area contributed by atoms with E-state index in [1.165, 1.54) is 16.4 Å². The zero-order chi connectivity index (χ0) is 20.7. The third-order valence-corrected chi connectivity index (χ3v) is 7.67. The van der Waals surface area contributed by atoms with Crippen molar-refractivity contribution in [2.75, 3.05) is 13.1 Å². The van der Waals surface area contributed by atoms with Crippen molar-refractivity contribution in [3.63, 3.8) is 0 Å². The Balaban J connectivity index is 1.46. The van der Waals surface area contributed by atoms with Gasteiger partial charge in [-0.2, -0.15) is 4.31 Å². The van der Waals surface area contributed by atoms with Gasteiger partial charge in [0, 0.05) is 24.2 Å².